The minimum Gasteiger partial charge on any atom is -0.462 e. The monoisotopic (exact) mass is 1040 g/mol. The van der Waals surface area contributed by atoms with Crippen molar-refractivity contribution in [1.29, 1.82) is 0 Å². The number of allylic oxidation sites excluding steroid dienone is 2. The highest BCUT2D eigenvalue weighted by atomic mass is 16.6. The lowest BCUT2D eigenvalue weighted by Gasteiger charge is -2.18. The van der Waals surface area contributed by atoms with Gasteiger partial charge in [-0.05, 0) is 44.9 Å². The van der Waals surface area contributed by atoms with Gasteiger partial charge in [-0.25, -0.2) is 0 Å². The Kier molecular flexibility index (Phi) is 62.1. The standard InChI is InChI=1S/C68H130O6/c1-4-7-10-13-16-19-21-23-25-26-27-28-29-30-31-32-33-34-35-36-37-38-39-40-41-42-43-45-46-49-52-55-58-61-67(70)73-64-65(63-72-66(69)60-57-54-51-48-18-15-12-9-6-3)74-68(71)62-59-56-53-50-47-44-24-22-20-17-14-11-8-5-2/h26-27,65H,4-25,28-64H2,1-3H3/b27-26-. The number of carbonyl (C=O) groups excluding carboxylic acids is 3. The first-order valence-electron chi connectivity index (χ1n) is 33.7. The predicted molar refractivity (Wildman–Crippen MR) is 321 cm³/mol. The number of ether oxygens (including phenoxy) is 3. The molecule has 0 aromatic heterocycles. The summed E-state index contributed by atoms with van der Waals surface area (Å²) in [7, 11) is 0. The van der Waals surface area contributed by atoms with E-state index in [0.717, 1.165) is 57.8 Å². The van der Waals surface area contributed by atoms with E-state index in [0.29, 0.717) is 19.3 Å². The maximum absolute atomic E-state index is 12.8. The molecule has 0 aromatic rings. The van der Waals surface area contributed by atoms with Gasteiger partial charge < -0.3 is 14.2 Å². The van der Waals surface area contributed by atoms with Gasteiger partial charge in [0, 0.05) is 19.3 Å². The third-order valence-corrected chi connectivity index (χ3v) is 15.5. The number of rotatable bonds is 63. The molecule has 0 amide bonds. The maximum atomic E-state index is 12.8. The molecule has 0 saturated heterocycles. The molecule has 0 aliphatic heterocycles. The Bertz CT molecular complexity index is 1150. The number of unbranched alkanes of at least 4 members (excludes halogenated alkanes) is 50. The van der Waals surface area contributed by atoms with Crippen molar-refractivity contribution in [3.05, 3.63) is 12.2 Å². The Morgan fingerprint density at radius 3 is 0.676 bits per heavy atom. The van der Waals surface area contributed by atoms with Crippen molar-refractivity contribution in [1.82, 2.24) is 0 Å². The molecule has 0 aliphatic carbocycles. The van der Waals surface area contributed by atoms with E-state index in [4.69, 9.17) is 14.2 Å². The van der Waals surface area contributed by atoms with Crippen LogP contribution in [0.3, 0.4) is 0 Å². The van der Waals surface area contributed by atoms with Crippen molar-refractivity contribution in [3.8, 4) is 0 Å². The number of hydrogen-bond acceptors (Lipinski definition) is 6. The van der Waals surface area contributed by atoms with Crippen LogP contribution in [0.1, 0.15) is 387 Å². The minimum atomic E-state index is -0.762. The fourth-order valence-electron chi connectivity index (χ4n) is 10.4. The number of carbonyl (C=O) groups is 3. The molecule has 0 saturated carbocycles. The topological polar surface area (TPSA) is 78.9 Å². The Labute approximate surface area is 462 Å². The second-order valence-corrected chi connectivity index (χ2v) is 23.1. The van der Waals surface area contributed by atoms with Gasteiger partial charge in [-0.3, -0.25) is 14.4 Å². The van der Waals surface area contributed by atoms with Crippen LogP contribution in [0.5, 0.6) is 0 Å². The van der Waals surface area contributed by atoms with Crippen molar-refractivity contribution in [2.45, 2.75) is 393 Å². The zero-order chi connectivity index (χ0) is 53.6. The fraction of sp³-hybridized carbons (Fsp3) is 0.926. The lowest BCUT2D eigenvalue weighted by molar-refractivity contribution is -0.167. The summed E-state index contributed by atoms with van der Waals surface area (Å²) in [4.78, 5) is 38.1. The second kappa shape index (κ2) is 63.7. The van der Waals surface area contributed by atoms with E-state index < -0.39 is 6.10 Å². The SMILES string of the molecule is CCCCCCCCCC/C=C\CCCCCCCCCCCCCCCCCCCCCCCC(=O)OCC(COC(=O)CCCCCCCCCCC)OC(=O)CCCCCCCCCCCCCCCC. The van der Waals surface area contributed by atoms with E-state index in [2.05, 4.69) is 32.9 Å². The van der Waals surface area contributed by atoms with Gasteiger partial charge >= 0.3 is 17.9 Å². The van der Waals surface area contributed by atoms with Crippen LogP contribution < -0.4 is 0 Å². The molecule has 0 bridgehead atoms. The zero-order valence-electron chi connectivity index (χ0n) is 50.4. The van der Waals surface area contributed by atoms with Gasteiger partial charge in [0.2, 0.25) is 0 Å². The first-order valence-corrected chi connectivity index (χ1v) is 33.7. The molecule has 0 rings (SSSR count). The fourth-order valence-corrected chi connectivity index (χ4v) is 10.4. The normalized spacial score (nSPS) is 12.0. The summed E-state index contributed by atoms with van der Waals surface area (Å²) in [5, 5.41) is 0. The van der Waals surface area contributed by atoms with E-state index in [1.807, 2.05) is 0 Å². The first kappa shape index (κ1) is 72.2. The maximum Gasteiger partial charge on any atom is 0.306 e. The highest BCUT2D eigenvalue weighted by Crippen LogP contribution is 2.18. The van der Waals surface area contributed by atoms with E-state index in [1.54, 1.807) is 0 Å². The smallest absolute Gasteiger partial charge is 0.306 e. The largest absolute Gasteiger partial charge is 0.462 e. The van der Waals surface area contributed by atoms with Gasteiger partial charge in [-0.15, -0.1) is 0 Å². The molecule has 0 aliphatic rings. The number of hydrogen-bond donors (Lipinski definition) is 0. The quantitative estimate of drug-likeness (QED) is 0.0261. The van der Waals surface area contributed by atoms with Crippen LogP contribution in [-0.2, 0) is 28.6 Å². The third-order valence-electron chi connectivity index (χ3n) is 15.5. The van der Waals surface area contributed by atoms with Crippen molar-refractivity contribution >= 4 is 17.9 Å². The van der Waals surface area contributed by atoms with E-state index in [1.165, 1.54) is 289 Å². The molecular weight excluding hydrogens is 913 g/mol. The molecule has 6 nitrogen and oxygen atoms in total. The van der Waals surface area contributed by atoms with Gasteiger partial charge in [-0.1, -0.05) is 335 Å². The molecule has 0 aromatic carbocycles. The summed E-state index contributed by atoms with van der Waals surface area (Å²) in [6, 6.07) is 0. The Hall–Kier alpha value is -1.85. The summed E-state index contributed by atoms with van der Waals surface area (Å²) in [6.07, 6.45) is 75.5. The molecule has 1 unspecified atom stereocenters. The Morgan fingerprint density at radius 2 is 0.446 bits per heavy atom. The lowest BCUT2D eigenvalue weighted by atomic mass is 10.0. The highest BCUT2D eigenvalue weighted by molar-refractivity contribution is 5.71. The van der Waals surface area contributed by atoms with Crippen LogP contribution in [0.4, 0.5) is 0 Å². The molecule has 0 radical (unpaired) electrons. The van der Waals surface area contributed by atoms with Crippen molar-refractivity contribution in [2.24, 2.45) is 0 Å². The molecule has 438 valence electrons. The van der Waals surface area contributed by atoms with Gasteiger partial charge in [0.1, 0.15) is 13.2 Å². The Balaban J connectivity index is 3.96. The Morgan fingerprint density at radius 1 is 0.257 bits per heavy atom. The van der Waals surface area contributed by atoms with Crippen LogP contribution in [0.2, 0.25) is 0 Å². The summed E-state index contributed by atoms with van der Waals surface area (Å²) in [5.41, 5.74) is 0. The van der Waals surface area contributed by atoms with Crippen LogP contribution in [0, 0.1) is 0 Å². The van der Waals surface area contributed by atoms with Crippen molar-refractivity contribution < 1.29 is 28.6 Å². The average molecular weight is 1040 g/mol. The predicted octanol–water partition coefficient (Wildman–Crippen LogP) is 22.8. The van der Waals surface area contributed by atoms with Crippen LogP contribution in [0.25, 0.3) is 0 Å². The summed E-state index contributed by atoms with van der Waals surface area (Å²) >= 11 is 0. The minimum absolute atomic E-state index is 0.0626. The molecular formula is C68H130O6. The lowest BCUT2D eigenvalue weighted by Crippen LogP contribution is -2.30. The molecule has 0 spiro atoms. The molecule has 1 atom stereocenters. The molecule has 74 heavy (non-hydrogen) atoms. The second-order valence-electron chi connectivity index (χ2n) is 23.1. The first-order chi connectivity index (χ1) is 36.5. The van der Waals surface area contributed by atoms with Crippen molar-refractivity contribution in [3.63, 3.8) is 0 Å². The molecule has 0 N–H and O–H groups in total. The van der Waals surface area contributed by atoms with Gasteiger partial charge in [0.15, 0.2) is 6.10 Å². The number of esters is 3. The molecule has 6 heteroatoms. The van der Waals surface area contributed by atoms with E-state index >= 15 is 0 Å². The summed E-state index contributed by atoms with van der Waals surface area (Å²) in [5.74, 6) is -0.837. The molecule has 0 fully saturated rings. The third kappa shape index (κ3) is 61.0. The van der Waals surface area contributed by atoms with Crippen LogP contribution in [0.15, 0.2) is 12.2 Å². The van der Waals surface area contributed by atoms with Crippen LogP contribution >= 0.6 is 0 Å². The van der Waals surface area contributed by atoms with Gasteiger partial charge in [-0.2, -0.15) is 0 Å². The average Bonchev–Trinajstić information content (AvgIpc) is 3.40. The summed E-state index contributed by atoms with van der Waals surface area (Å²) < 4.78 is 16.9. The van der Waals surface area contributed by atoms with E-state index in [9.17, 15) is 14.4 Å². The molecule has 0 heterocycles. The van der Waals surface area contributed by atoms with Crippen molar-refractivity contribution in [2.75, 3.05) is 13.2 Å². The zero-order valence-corrected chi connectivity index (χ0v) is 50.4. The van der Waals surface area contributed by atoms with Crippen LogP contribution in [-0.4, -0.2) is 37.2 Å². The van der Waals surface area contributed by atoms with E-state index in [-0.39, 0.29) is 31.1 Å². The van der Waals surface area contributed by atoms with Gasteiger partial charge in [0.05, 0.1) is 0 Å². The van der Waals surface area contributed by atoms with Gasteiger partial charge in [0.25, 0.3) is 0 Å². The summed E-state index contributed by atoms with van der Waals surface area (Å²) in [6.45, 7) is 6.69. The highest BCUT2D eigenvalue weighted by Gasteiger charge is 2.19.